The second-order valence-electron chi connectivity index (χ2n) is 8.55. The third kappa shape index (κ3) is 9.10. The van der Waals surface area contributed by atoms with Crippen molar-refractivity contribution in [1.29, 1.82) is 0 Å². The van der Waals surface area contributed by atoms with E-state index in [4.69, 9.17) is 0 Å². The van der Waals surface area contributed by atoms with E-state index in [1.54, 1.807) is 0 Å². The van der Waals surface area contributed by atoms with Gasteiger partial charge in [-0.2, -0.15) is 0 Å². The standard InChI is InChI=1S/C14H18N2.C10H21N.C2H4/c1-2-3-9-15-11-12-8-10-16-14-7-5-4-6-13(12)14;1-8-5-9(2)7-10(6-8)11(3)4;1-2/h4-8,10,15H,2-3,9,11H2,1H3;8-10H,5-7H2,1-4H3;1-2H2. The van der Waals surface area contributed by atoms with Crippen molar-refractivity contribution >= 4 is 10.9 Å². The fourth-order valence-electron chi connectivity index (χ4n) is 4.16. The molecule has 1 saturated carbocycles. The van der Waals surface area contributed by atoms with Crippen LogP contribution in [0, 0.1) is 11.8 Å². The van der Waals surface area contributed by atoms with E-state index >= 15 is 0 Å². The van der Waals surface area contributed by atoms with E-state index in [-0.39, 0.29) is 0 Å². The van der Waals surface area contributed by atoms with E-state index in [1.807, 2.05) is 12.3 Å². The van der Waals surface area contributed by atoms with Crippen molar-refractivity contribution < 1.29 is 0 Å². The molecular weight excluding hydrogens is 354 g/mol. The Balaban J connectivity index is 0.000000284. The van der Waals surface area contributed by atoms with Crippen molar-refractivity contribution in [3.8, 4) is 0 Å². The molecule has 0 radical (unpaired) electrons. The quantitative estimate of drug-likeness (QED) is 0.458. The minimum absolute atomic E-state index is 0.841. The fourth-order valence-corrected chi connectivity index (χ4v) is 4.16. The zero-order valence-electron chi connectivity index (χ0n) is 19.5. The Hall–Kier alpha value is -1.71. The van der Waals surface area contributed by atoms with Gasteiger partial charge in [0.25, 0.3) is 0 Å². The Morgan fingerprint density at radius 1 is 1.03 bits per heavy atom. The van der Waals surface area contributed by atoms with Crippen LogP contribution in [0.1, 0.15) is 58.4 Å². The molecule has 0 amide bonds. The molecule has 3 heteroatoms. The van der Waals surface area contributed by atoms with Crippen LogP contribution in [-0.4, -0.2) is 36.6 Å². The first-order chi connectivity index (χ1) is 14.0. The average Bonchev–Trinajstić information content (AvgIpc) is 2.72. The van der Waals surface area contributed by atoms with Gasteiger partial charge in [0.1, 0.15) is 0 Å². The first kappa shape index (κ1) is 25.3. The first-order valence-electron chi connectivity index (χ1n) is 11.2. The van der Waals surface area contributed by atoms with Crippen molar-refractivity contribution in [3.05, 3.63) is 55.3 Å². The Morgan fingerprint density at radius 2 is 1.69 bits per heavy atom. The van der Waals surface area contributed by atoms with Gasteiger partial charge in [0.15, 0.2) is 0 Å². The highest BCUT2D eigenvalue weighted by atomic mass is 15.1. The number of fused-ring (bicyclic) bond motifs is 1. The Kier molecular flexibility index (Phi) is 12.5. The van der Waals surface area contributed by atoms with E-state index < -0.39 is 0 Å². The van der Waals surface area contributed by atoms with Crippen molar-refractivity contribution in [3.63, 3.8) is 0 Å². The van der Waals surface area contributed by atoms with Crippen LogP contribution in [0.2, 0.25) is 0 Å². The largest absolute Gasteiger partial charge is 0.313 e. The van der Waals surface area contributed by atoms with Crippen molar-refractivity contribution in [1.82, 2.24) is 15.2 Å². The van der Waals surface area contributed by atoms with Gasteiger partial charge in [-0.3, -0.25) is 4.98 Å². The van der Waals surface area contributed by atoms with Gasteiger partial charge in [-0.25, -0.2) is 0 Å². The van der Waals surface area contributed by atoms with Crippen LogP contribution in [0.4, 0.5) is 0 Å². The molecule has 3 nitrogen and oxygen atoms in total. The maximum atomic E-state index is 4.36. The molecule has 162 valence electrons. The number of aromatic nitrogens is 1. The number of unbranched alkanes of at least 4 members (excludes halogenated alkanes) is 1. The van der Waals surface area contributed by atoms with E-state index in [0.29, 0.717) is 0 Å². The molecule has 2 unspecified atom stereocenters. The minimum atomic E-state index is 0.841. The highest BCUT2D eigenvalue weighted by Crippen LogP contribution is 2.30. The molecule has 1 aromatic carbocycles. The highest BCUT2D eigenvalue weighted by Gasteiger charge is 2.24. The summed E-state index contributed by atoms with van der Waals surface area (Å²) in [5.74, 6) is 1.87. The van der Waals surface area contributed by atoms with Crippen LogP contribution < -0.4 is 5.32 Å². The number of benzene rings is 1. The fraction of sp³-hybridized carbons (Fsp3) is 0.577. The number of hydrogen-bond donors (Lipinski definition) is 1. The average molecular weight is 398 g/mol. The lowest BCUT2D eigenvalue weighted by atomic mass is 9.80. The Morgan fingerprint density at radius 3 is 2.31 bits per heavy atom. The zero-order chi connectivity index (χ0) is 21.6. The molecule has 0 saturated heterocycles. The third-order valence-electron chi connectivity index (χ3n) is 5.65. The normalized spacial score (nSPS) is 21.1. The molecule has 1 heterocycles. The summed E-state index contributed by atoms with van der Waals surface area (Å²) in [7, 11) is 4.41. The van der Waals surface area contributed by atoms with Gasteiger partial charge < -0.3 is 10.2 Å². The van der Waals surface area contributed by atoms with E-state index in [1.165, 1.54) is 43.1 Å². The molecule has 0 bridgehead atoms. The molecule has 0 aliphatic heterocycles. The van der Waals surface area contributed by atoms with Crippen LogP contribution in [0.3, 0.4) is 0 Å². The second-order valence-corrected chi connectivity index (χ2v) is 8.55. The molecule has 1 aliphatic carbocycles. The van der Waals surface area contributed by atoms with Crippen LogP contribution in [0.5, 0.6) is 0 Å². The number of hydrogen-bond acceptors (Lipinski definition) is 3. The SMILES string of the molecule is C=C.CC1CC(C)CC(N(C)C)C1.CCCCNCc1ccnc2ccccc12. The Bertz CT molecular complexity index is 667. The molecule has 1 N–H and O–H groups in total. The molecule has 1 aromatic heterocycles. The topological polar surface area (TPSA) is 28.2 Å². The Labute approximate surface area is 179 Å². The molecular formula is C26H43N3. The van der Waals surface area contributed by atoms with Crippen LogP contribution in [-0.2, 0) is 6.54 Å². The lowest BCUT2D eigenvalue weighted by molar-refractivity contribution is 0.156. The lowest BCUT2D eigenvalue weighted by Gasteiger charge is -2.35. The van der Waals surface area contributed by atoms with Crippen molar-refractivity contribution in [2.24, 2.45) is 11.8 Å². The van der Waals surface area contributed by atoms with Crippen LogP contribution >= 0.6 is 0 Å². The molecule has 3 rings (SSSR count). The maximum absolute atomic E-state index is 4.36. The maximum Gasteiger partial charge on any atom is 0.0705 e. The summed E-state index contributed by atoms with van der Waals surface area (Å²) >= 11 is 0. The number of para-hydroxylation sites is 1. The molecule has 2 aromatic rings. The van der Waals surface area contributed by atoms with Crippen LogP contribution in [0.25, 0.3) is 10.9 Å². The number of rotatable bonds is 6. The number of nitrogens with one attached hydrogen (secondary N) is 1. The van der Waals surface area contributed by atoms with Crippen molar-refractivity contribution in [2.45, 2.75) is 65.5 Å². The van der Waals surface area contributed by atoms with Gasteiger partial charge in [-0.1, -0.05) is 45.4 Å². The second kappa shape index (κ2) is 14.3. The minimum Gasteiger partial charge on any atom is -0.313 e. The van der Waals surface area contributed by atoms with Gasteiger partial charge in [0.2, 0.25) is 0 Å². The summed E-state index contributed by atoms with van der Waals surface area (Å²) in [6, 6.07) is 11.2. The molecule has 1 fully saturated rings. The van der Waals surface area contributed by atoms with Gasteiger partial charge in [-0.05, 0) is 75.9 Å². The molecule has 2 atom stereocenters. The summed E-state index contributed by atoms with van der Waals surface area (Å²) < 4.78 is 0. The highest BCUT2D eigenvalue weighted by molar-refractivity contribution is 5.81. The predicted octanol–water partition coefficient (Wildman–Crippen LogP) is 6.30. The first-order valence-corrected chi connectivity index (χ1v) is 11.2. The van der Waals surface area contributed by atoms with Gasteiger partial charge in [0.05, 0.1) is 5.52 Å². The van der Waals surface area contributed by atoms with Crippen LogP contribution in [0.15, 0.2) is 49.7 Å². The van der Waals surface area contributed by atoms with Crippen molar-refractivity contribution in [2.75, 3.05) is 20.6 Å². The summed E-state index contributed by atoms with van der Waals surface area (Å²) in [5, 5.41) is 4.73. The van der Waals surface area contributed by atoms with Gasteiger partial charge >= 0.3 is 0 Å². The van der Waals surface area contributed by atoms with Gasteiger partial charge in [0, 0.05) is 24.2 Å². The summed E-state index contributed by atoms with van der Waals surface area (Å²) in [6.07, 6.45) is 8.60. The van der Waals surface area contributed by atoms with E-state index in [2.05, 4.69) is 87.5 Å². The summed E-state index contributed by atoms with van der Waals surface area (Å²) in [6.45, 7) is 15.0. The molecule has 1 aliphatic rings. The van der Waals surface area contributed by atoms with E-state index in [9.17, 15) is 0 Å². The predicted molar refractivity (Wildman–Crippen MR) is 129 cm³/mol. The summed E-state index contributed by atoms with van der Waals surface area (Å²) in [5.41, 5.74) is 2.42. The molecule has 0 spiro atoms. The third-order valence-corrected chi connectivity index (χ3v) is 5.65. The lowest BCUT2D eigenvalue weighted by Crippen LogP contribution is -2.35. The molecule has 29 heavy (non-hydrogen) atoms. The monoisotopic (exact) mass is 397 g/mol. The number of nitrogens with zero attached hydrogens (tertiary/aromatic N) is 2. The summed E-state index contributed by atoms with van der Waals surface area (Å²) in [4.78, 5) is 6.74. The van der Waals surface area contributed by atoms with E-state index in [0.717, 1.165) is 36.5 Å². The smallest absolute Gasteiger partial charge is 0.0705 e. The zero-order valence-corrected chi connectivity index (χ0v) is 19.5. The number of pyridine rings is 1. The van der Waals surface area contributed by atoms with Gasteiger partial charge in [-0.15, -0.1) is 13.2 Å².